The summed E-state index contributed by atoms with van der Waals surface area (Å²) in [6.45, 7) is 0.173. The van der Waals surface area contributed by atoms with Crippen LogP contribution >= 0.6 is 11.6 Å². The van der Waals surface area contributed by atoms with Crippen LogP contribution in [0.25, 0.3) is 0 Å². The van der Waals surface area contributed by atoms with Gasteiger partial charge < -0.3 is 10.4 Å². The second-order valence-corrected chi connectivity index (χ2v) is 4.59. The van der Waals surface area contributed by atoms with E-state index in [0.29, 0.717) is 11.0 Å². The van der Waals surface area contributed by atoms with Gasteiger partial charge in [-0.15, -0.1) is 0 Å². The number of halogens is 1. The number of benzene rings is 1. The summed E-state index contributed by atoms with van der Waals surface area (Å²) in [7, 11) is 0. The summed E-state index contributed by atoms with van der Waals surface area (Å²) >= 11 is 5.83. The minimum Gasteiger partial charge on any atom is -0.396 e. The molecule has 1 aromatic heterocycles. The molecule has 19 heavy (non-hydrogen) atoms. The summed E-state index contributed by atoms with van der Waals surface area (Å²) in [4.78, 5) is 8.18. The summed E-state index contributed by atoms with van der Waals surface area (Å²) in [5.74, 6) is 0.638. The van der Waals surface area contributed by atoms with Crippen LogP contribution in [0.1, 0.15) is 24.4 Å². The molecule has 0 radical (unpaired) electrons. The maximum atomic E-state index is 9.00. The largest absolute Gasteiger partial charge is 0.396 e. The van der Waals surface area contributed by atoms with E-state index < -0.39 is 0 Å². The van der Waals surface area contributed by atoms with Crippen LogP contribution in [0.15, 0.2) is 42.7 Å². The highest BCUT2D eigenvalue weighted by Crippen LogP contribution is 2.23. The molecule has 0 aliphatic rings. The molecule has 5 heteroatoms. The van der Waals surface area contributed by atoms with Gasteiger partial charge in [0.2, 0.25) is 0 Å². The van der Waals surface area contributed by atoms with E-state index >= 15 is 0 Å². The van der Waals surface area contributed by atoms with Crippen molar-refractivity contribution in [2.75, 3.05) is 11.9 Å². The molecule has 100 valence electrons. The molecular formula is C14H16ClN3O. The minimum atomic E-state index is 0.0844. The van der Waals surface area contributed by atoms with Gasteiger partial charge in [-0.05, 0) is 18.4 Å². The Morgan fingerprint density at radius 2 is 2.00 bits per heavy atom. The van der Waals surface area contributed by atoms with Crippen molar-refractivity contribution < 1.29 is 5.11 Å². The van der Waals surface area contributed by atoms with Gasteiger partial charge in [0.1, 0.15) is 11.0 Å². The van der Waals surface area contributed by atoms with Crippen LogP contribution < -0.4 is 5.32 Å². The van der Waals surface area contributed by atoms with E-state index in [1.165, 1.54) is 6.20 Å². The molecule has 1 atom stereocenters. The van der Waals surface area contributed by atoms with E-state index in [2.05, 4.69) is 15.3 Å². The lowest BCUT2D eigenvalue weighted by Crippen LogP contribution is -2.12. The van der Waals surface area contributed by atoms with Crippen molar-refractivity contribution in [3.05, 3.63) is 53.4 Å². The number of aliphatic hydroxyl groups is 1. The van der Waals surface area contributed by atoms with Gasteiger partial charge in [0.15, 0.2) is 0 Å². The smallest absolute Gasteiger partial charge is 0.149 e. The predicted octanol–water partition coefficient (Wildman–Crippen LogP) is 3.06. The molecule has 0 spiro atoms. The maximum absolute atomic E-state index is 9.00. The molecule has 1 heterocycles. The van der Waals surface area contributed by atoms with Crippen LogP contribution in [0.3, 0.4) is 0 Å². The zero-order chi connectivity index (χ0) is 13.5. The molecule has 0 aliphatic heterocycles. The fourth-order valence-corrected chi connectivity index (χ4v) is 2.04. The fourth-order valence-electron chi connectivity index (χ4n) is 1.89. The Balaban J connectivity index is 2.14. The molecule has 0 unspecified atom stereocenters. The molecule has 0 bridgehead atoms. The lowest BCUT2D eigenvalue weighted by atomic mass is 10.0. The minimum absolute atomic E-state index is 0.0844. The lowest BCUT2D eigenvalue weighted by Gasteiger charge is -2.19. The van der Waals surface area contributed by atoms with Gasteiger partial charge in [0.25, 0.3) is 0 Å². The lowest BCUT2D eigenvalue weighted by molar-refractivity contribution is 0.281. The Morgan fingerprint density at radius 3 is 2.68 bits per heavy atom. The third kappa shape index (κ3) is 4.19. The second-order valence-electron chi connectivity index (χ2n) is 4.20. The molecule has 1 aromatic carbocycles. The van der Waals surface area contributed by atoms with Gasteiger partial charge in [-0.2, -0.15) is 0 Å². The highest BCUT2D eigenvalue weighted by atomic mass is 35.5. The number of anilines is 1. The van der Waals surface area contributed by atoms with Crippen molar-refractivity contribution in [3.8, 4) is 0 Å². The zero-order valence-electron chi connectivity index (χ0n) is 10.5. The number of rotatable bonds is 6. The van der Waals surface area contributed by atoms with Crippen LogP contribution in [0.2, 0.25) is 5.15 Å². The molecule has 2 aromatic rings. The Hall–Kier alpha value is -1.65. The first-order chi connectivity index (χ1) is 9.29. The summed E-state index contributed by atoms with van der Waals surface area (Å²) < 4.78 is 0. The highest BCUT2D eigenvalue weighted by Gasteiger charge is 2.11. The van der Waals surface area contributed by atoms with Crippen LogP contribution in [0.5, 0.6) is 0 Å². The standard InChI is InChI=1S/C14H16ClN3O/c15-13-9-16-10-14(18-13)17-12(7-4-8-19)11-5-2-1-3-6-11/h1-3,5-6,9-10,12,19H,4,7-8H2,(H,17,18)/t12-/m1/s1. The summed E-state index contributed by atoms with van der Waals surface area (Å²) in [5, 5.41) is 12.7. The summed E-state index contributed by atoms with van der Waals surface area (Å²) in [6, 6.07) is 10.1. The van der Waals surface area contributed by atoms with Gasteiger partial charge in [0, 0.05) is 6.61 Å². The zero-order valence-corrected chi connectivity index (χ0v) is 11.2. The molecule has 0 fully saturated rings. The number of aliphatic hydroxyl groups excluding tert-OH is 1. The van der Waals surface area contributed by atoms with Gasteiger partial charge in [-0.3, -0.25) is 4.98 Å². The average Bonchev–Trinajstić information content (AvgIpc) is 2.44. The molecule has 0 amide bonds. The number of aromatic nitrogens is 2. The molecule has 0 saturated carbocycles. The first kappa shape index (κ1) is 13.8. The van der Waals surface area contributed by atoms with E-state index in [9.17, 15) is 0 Å². The van der Waals surface area contributed by atoms with E-state index in [1.807, 2.05) is 30.3 Å². The van der Waals surface area contributed by atoms with Crippen LogP contribution in [0, 0.1) is 0 Å². The van der Waals surface area contributed by atoms with E-state index in [4.69, 9.17) is 16.7 Å². The van der Waals surface area contributed by atoms with Crippen molar-refractivity contribution >= 4 is 17.4 Å². The van der Waals surface area contributed by atoms with Crippen LogP contribution in [-0.4, -0.2) is 21.7 Å². The maximum Gasteiger partial charge on any atom is 0.149 e. The van der Waals surface area contributed by atoms with Gasteiger partial charge in [-0.1, -0.05) is 41.9 Å². The molecule has 0 saturated heterocycles. The number of hydrogen-bond donors (Lipinski definition) is 2. The normalized spacial score (nSPS) is 12.1. The van der Waals surface area contributed by atoms with Gasteiger partial charge >= 0.3 is 0 Å². The SMILES string of the molecule is OCCC[C@@H](Nc1cncc(Cl)n1)c1ccccc1. The van der Waals surface area contributed by atoms with Crippen molar-refractivity contribution in [2.24, 2.45) is 0 Å². The highest BCUT2D eigenvalue weighted by molar-refractivity contribution is 6.29. The first-order valence-corrected chi connectivity index (χ1v) is 6.57. The van der Waals surface area contributed by atoms with Gasteiger partial charge in [0.05, 0.1) is 18.4 Å². The third-order valence-corrected chi connectivity index (χ3v) is 2.96. The van der Waals surface area contributed by atoms with Crippen molar-refractivity contribution in [1.29, 1.82) is 0 Å². The molecular weight excluding hydrogens is 262 g/mol. The molecule has 0 aliphatic carbocycles. The van der Waals surface area contributed by atoms with E-state index in [-0.39, 0.29) is 12.6 Å². The second kappa shape index (κ2) is 7.07. The van der Waals surface area contributed by atoms with E-state index in [0.717, 1.165) is 18.4 Å². The topological polar surface area (TPSA) is 58.0 Å². The monoisotopic (exact) mass is 277 g/mol. The third-order valence-electron chi connectivity index (χ3n) is 2.78. The Morgan fingerprint density at radius 1 is 1.21 bits per heavy atom. The first-order valence-electron chi connectivity index (χ1n) is 6.19. The predicted molar refractivity (Wildman–Crippen MR) is 76.2 cm³/mol. The number of hydrogen-bond acceptors (Lipinski definition) is 4. The number of nitrogens with zero attached hydrogens (tertiary/aromatic N) is 2. The van der Waals surface area contributed by atoms with Crippen LogP contribution in [-0.2, 0) is 0 Å². The molecule has 2 N–H and O–H groups in total. The van der Waals surface area contributed by atoms with E-state index in [1.54, 1.807) is 6.20 Å². The summed E-state index contributed by atoms with van der Waals surface area (Å²) in [5.41, 5.74) is 1.15. The van der Waals surface area contributed by atoms with Crippen molar-refractivity contribution in [3.63, 3.8) is 0 Å². The van der Waals surface area contributed by atoms with Crippen LogP contribution in [0.4, 0.5) is 5.82 Å². The Kier molecular flexibility index (Phi) is 5.12. The van der Waals surface area contributed by atoms with Gasteiger partial charge in [-0.25, -0.2) is 4.98 Å². The average molecular weight is 278 g/mol. The fraction of sp³-hybridized carbons (Fsp3) is 0.286. The Bertz CT molecular complexity index is 507. The molecule has 2 rings (SSSR count). The molecule has 4 nitrogen and oxygen atoms in total. The quantitative estimate of drug-likeness (QED) is 0.852. The van der Waals surface area contributed by atoms with Crippen molar-refractivity contribution in [1.82, 2.24) is 9.97 Å². The number of nitrogens with one attached hydrogen (secondary N) is 1. The van der Waals surface area contributed by atoms with Crippen molar-refractivity contribution in [2.45, 2.75) is 18.9 Å². The Labute approximate surface area is 117 Å². The summed E-state index contributed by atoms with van der Waals surface area (Å²) in [6.07, 6.45) is 4.67.